The molecule has 2 aromatic rings. The molecule has 0 saturated carbocycles. The number of nitrogens with zero attached hydrogens (tertiary/aromatic N) is 2. The maximum Gasteiger partial charge on any atom is 0.0848 e. The Morgan fingerprint density at radius 1 is 0.500 bits per heavy atom. The molecular weight excluding hydrogens is 627 g/mol. The van der Waals surface area contributed by atoms with Crippen LogP contribution >= 0.6 is 0 Å². The van der Waals surface area contributed by atoms with Gasteiger partial charge in [-0.15, -0.1) is 0 Å². The summed E-state index contributed by atoms with van der Waals surface area (Å²) in [5.74, 6) is 0. The molecule has 0 aromatic heterocycles. The van der Waals surface area contributed by atoms with Crippen LogP contribution in [-0.2, 0) is 42.2 Å². The first-order chi connectivity index (χ1) is 23.1. The van der Waals surface area contributed by atoms with Gasteiger partial charge < -0.3 is 0 Å². The average Bonchev–Trinajstić information content (AvgIpc) is 3.08. The molecule has 0 unspecified atom stereocenters. The molecule has 0 aliphatic carbocycles. The molecule has 0 radical (unpaired) electrons. The molecule has 0 aliphatic rings. The largest absolute Gasteiger partial charge is 0.251 e. The topological polar surface area (TPSA) is 24.7 Å². The Hall–Kier alpha value is -1.99. The third kappa shape index (κ3) is 18.7. The molecule has 0 aliphatic heterocycles. The minimum absolute atomic E-state index is 0. The number of rotatable bonds is 27. The number of aliphatic imine (C=N–C) groups is 2. The Bertz CT molecular complexity index is 1160. The Balaban J connectivity index is 0.0000115. The molecule has 0 heterocycles. The van der Waals surface area contributed by atoms with Crippen molar-refractivity contribution in [1.29, 1.82) is 0 Å². The van der Waals surface area contributed by atoms with Gasteiger partial charge in [0.2, 0.25) is 0 Å². The van der Waals surface area contributed by atoms with Crippen LogP contribution in [0.1, 0.15) is 186 Å². The van der Waals surface area contributed by atoms with Crippen molar-refractivity contribution in [3.8, 4) is 0 Å². The fourth-order valence-corrected chi connectivity index (χ4v) is 6.29. The predicted octanol–water partition coefficient (Wildman–Crippen LogP) is 14.8. The van der Waals surface area contributed by atoms with E-state index < -0.39 is 0 Å². The molecule has 0 bridgehead atoms. The summed E-state index contributed by atoms with van der Waals surface area (Å²) in [5.41, 5.74) is 10.3. The molecule has 0 N–H and O–H groups in total. The van der Waals surface area contributed by atoms with Gasteiger partial charge in [0, 0.05) is 16.5 Å². The summed E-state index contributed by atoms with van der Waals surface area (Å²) >= 11 is 0. The molecule has 0 spiro atoms. The summed E-state index contributed by atoms with van der Waals surface area (Å²) in [7, 11) is 0. The minimum atomic E-state index is 0. The van der Waals surface area contributed by atoms with Gasteiger partial charge in [-0.3, -0.25) is 4.99 Å². The fraction of sp³-hybridized carbons (Fsp3) is 0.644. The van der Waals surface area contributed by atoms with Crippen molar-refractivity contribution in [1.82, 2.24) is 0 Å². The van der Waals surface area contributed by atoms with Gasteiger partial charge in [0.1, 0.15) is 0 Å². The van der Waals surface area contributed by atoms with E-state index in [4.69, 9.17) is 9.98 Å². The van der Waals surface area contributed by atoms with E-state index in [1.54, 1.807) is 0 Å². The molecular formula is C45H72N2Ni. The van der Waals surface area contributed by atoms with E-state index in [9.17, 15) is 0 Å². The van der Waals surface area contributed by atoms with Crippen molar-refractivity contribution in [2.45, 2.75) is 189 Å². The third-order valence-electron chi connectivity index (χ3n) is 9.29. The van der Waals surface area contributed by atoms with Crippen molar-refractivity contribution in [3.05, 3.63) is 70.8 Å². The van der Waals surface area contributed by atoms with Crippen molar-refractivity contribution in [2.24, 2.45) is 9.98 Å². The zero-order chi connectivity index (χ0) is 34.0. The van der Waals surface area contributed by atoms with E-state index in [1.807, 2.05) is 0 Å². The summed E-state index contributed by atoms with van der Waals surface area (Å²) in [4.78, 5) is 10.9. The van der Waals surface area contributed by atoms with Gasteiger partial charge in [0.15, 0.2) is 0 Å². The molecule has 2 aromatic carbocycles. The van der Waals surface area contributed by atoms with Crippen molar-refractivity contribution < 1.29 is 16.5 Å². The first kappa shape index (κ1) is 44.0. The van der Waals surface area contributed by atoms with Gasteiger partial charge in [-0.25, -0.2) is 4.99 Å². The third-order valence-corrected chi connectivity index (χ3v) is 9.29. The van der Waals surface area contributed by atoms with Crippen LogP contribution < -0.4 is 0 Å². The number of aryl methyl sites for hydroxylation is 4. The first-order valence-electron chi connectivity index (χ1n) is 20.2. The number of benzene rings is 2. The van der Waals surface area contributed by atoms with Crippen LogP contribution in [0.3, 0.4) is 0 Å². The molecule has 272 valence electrons. The number of unbranched alkanes of at least 4 members (excludes halogenated alkanes) is 12. The van der Waals surface area contributed by atoms with Gasteiger partial charge in [0.25, 0.3) is 0 Å². The van der Waals surface area contributed by atoms with E-state index in [-0.39, 0.29) is 16.5 Å². The summed E-state index contributed by atoms with van der Waals surface area (Å²) < 4.78 is 0. The molecule has 48 heavy (non-hydrogen) atoms. The van der Waals surface area contributed by atoms with Gasteiger partial charge in [0.05, 0.1) is 22.8 Å². The second kappa shape index (κ2) is 28.8. The van der Waals surface area contributed by atoms with Crippen LogP contribution in [0.15, 0.2) is 58.5 Å². The van der Waals surface area contributed by atoms with Crippen LogP contribution in [0.4, 0.5) is 11.4 Å². The van der Waals surface area contributed by atoms with Crippen LogP contribution in [0.2, 0.25) is 0 Å². The predicted molar refractivity (Wildman–Crippen MR) is 213 cm³/mol. The van der Waals surface area contributed by atoms with Crippen LogP contribution in [0.25, 0.3) is 0 Å². The number of hydrogen-bond acceptors (Lipinski definition) is 2. The van der Waals surface area contributed by atoms with Crippen molar-refractivity contribution in [2.75, 3.05) is 0 Å². The molecule has 0 fully saturated rings. The van der Waals surface area contributed by atoms with Gasteiger partial charge in [-0.2, -0.15) is 0 Å². The Morgan fingerprint density at radius 2 is 1.06 bits per heavy atom. The Labute approximate surface area is 308 Å². The van der Waals surface area contributed by atoms with Gasteiger partial charge in [-0.05, 0) is 130 Å². The average molecular weight is 700 g/mol. The maximum absolute atomic E-state index is 5.46. The minimum Gasteiger partial charge on any atom is -0.251 e. The molecule has 0 saturated heterocycles. The molecule has 2 nitrogen and oxygen atoms in total. The van der Waals surface area contributed by atoms with Crippen LogP contribution in [-0.4, -0.2) is 11.4 Å². The number of allylic oxidation sites excluding steroid dienone is 2. The number of hydrogen-bond donors (Lipinski definition) is 0. The summed E-state index contributed by atoms with van der Waals surface area (Å²) in [6.07, 6.45) is 32.7. The SMILES string of the molecule is CCCCCCC/C=C/C(=N\c1cc(CCCCC)cc(CCCCC)c1)C(/CCCC)=N/c1ccc(CCCC)c(CCCC)c1.[Ni]. The van der Waals surface area contributed by atoms with Gasteiger partial charge in [-0.1, -0.05) is 130 Å². The zero-order valence-electron chi connectivity index (χ0n) is 32.1. The van der Waals surface area contributed by atoms with E-state index in [0.29, 0.717) is 0 Å². The van der Waals surface area contributed by atoms with Crippen molar-refractivity contribution in [3.63, 3.8) is 0 Å². The maximum atomic E-state index is 5.46. The van der Waals surface area contributed by atoms with Gasteiger partial charge >= 0.3 is 0 Å². The Kier molecular flexibility index (Phi) is 26.4. The normalized spacial score (nSPS) is 12.2. The first-order valence-corrected chi connectivity index (χ1v) is 20.2. The smallest absolute Gasteiger partial charge is 0.0848 e. The summed E-state index contributed by atoms with van der Waals surface area (Å²) in [6, 6.07) is 14.2. The zero-order valence-corrected chi connectivity index (χ0v) is 33.1. The second-order valence-corrected chi connectivity index (χ2v) is 13.8. The monoisotopic (exact) mass is 699 g/mol. The van der Waals surface area contributed by atoms with Crippen LogP contribution in [0, 0.1) is 0 Å². The van der Waals surface area contributed by atoms with E-state index in [2.05, 4.69) is 90.1 Å². The molecule has 0 amide bonds. The molecule has 2 rings (SSSR count). The van der Waals surface area contributed by atoms with E-state index in [1.165, 1.54) is 125 Å². The Morgan fingerprint density at radius 3 is 1.67 bits per heavy atom. The summed E-state index contributed by atoms with van der Waals surface area (Å²) in [5, 5.41) is 0. The summed E-state index contributed by atoms with van der Waals surface area (Å²) in [6.45, 7) is 13.8. The van der Waals surface area contributed by atoms with Crippen LogP contribution in [0.5, 0.6) is 0 Å². The van der Waals surface area contributed by atoms with Crippen molar-refractivity contribution >= 4 is 22.8 Å². The second-order valence-electron chi connectivity index (χ2n) is 13.8. The van der Waals surface area contributed by atoms with E-state index >= 15 is 0 Å². The quantitative estimate of drug-likeness (QED) is 0.0504. The molecule has 0 atom stereocenters. The van der Waals surface area contributed by atoms with E-state index in [0.717, 1.165) is 67.7 Å². The fourth-order valence-electron chi connectivity index (χ4n) is 6.29. The molecule has 3 heteroatoms. The standard InChI is InChI=1S/C45H72N2.Ni/c1-7-13-19-20-21-22-25-31-45(47-43-35-38(26-23-14-8-2)34-39(36-43)27-24-15-9-3)44(30-18-12-6)46-42-33-32-40(28-16-10-4)41(37-42)29-17-11-5;/h25,31-37H,7-24,26-30H2,1-6H3;/b31-25+,46-44+,47-45+;.